The largest absolute Gasteiger partial charge is 0.303 e. The van der Waals surface area contributed by atoms with E-state index in [-0.39, 0.29) is 5.54 Å². The van der Waals surface area contributed by atoms with Gasteiger partial charge in [-0.05, 0) is 62.0 Å². The predicted molar refractivity (Wildman–Crippen MR) is 130 cm³/mol. The van der Waals surface area contributed by atoms with E-state index in [1.807, 2.05) is 6.07 Å². The van der Waals surface area contributed by atoms with Crippen LogP contribution >= 0.6 is 0 Å². The molecule has 3 aromatic carbocycles. The summed E-state index contributed by atoms with van der Waals surface area (Å²) in [5.74, 6) is 1.34. The summed E-state index contributed by atoms with van der Waals surface area (Å²) in [6.45, 7) is 0. The van der Waals surface area contributed by atoms with Gasteiger partial charge in [-0.1, -0.05) is 78.9 Å². The molecule has 6 rings (SSSR count). The molecule has 0 saturated heterocycles. The topological polar surface area (TPSA) is 27.6 Å². The SMILES string of the molecule is CN(C)C12C/C(=N\Nc3ccccc3)C([C@H](c3ccccc3)C1)[C@H](c1ccccc1)C2. The number of benzene rings is 3. The summed E-state index contributed by atoms with van der Waals surface area (Å²) in [7, 11) is 4.50. The van der Waals surface area contributed by atoms with Crippen LogP contribution in [0.5, 0.6) is 0 Å². The Kier molecular flexibility index (Phi) is 5.37. The van der Waals surface area contributed by atoms with Crippen LogP contribution in [-0.4, -0.2) is 30.2 Å². The number of anilines is 1. The average molecular weight is 410 g/mol. The lowest BCUT2D eigenvalue weighted by Crippen LogP contribution is -2.59. The van der Waals surface area contributed by atoms with E-state index in [0.717, 1.165) is 12.1 Å². The van der Waals surface area contributed by atoms with Crippen molar-refractivity contribution in [1.29, 1.82) is 0 Å². The van der Waals surface area contributed by atoms with Crippen molar-refractivity contribution in [3.05, 3.63) is 102 Å². The number of fused-ring (bicyclic) bond motifs is 3. The highest BCUT2D eigenvalue weighted by Crippen LogP contribution is 2.58. The maximum absolute atomic E-state index is 5.06. The molecule has 3 aliphatic carbocycles. The summed E-state index contributed by atoms with van der Waals surface area (Å²) in [5, 5.41) is 5.06. The third-order valence-electron chi connectivity index (χ3n) is 7.47. The third kappa shape index (κ3) is 3.79. The first-order chi connectivity index (χ1) is 15.2. The summed E-state index contributed by atoms with van der Waals surface area (Å²) in [4.78, 5) is 2.46. The monoisotopic (exact) mass is 409 g/mol. The molecule has 0 spiro atoms. The Hall–Kier alpha value is -2.91. The molecule has 31 heavy (non-hydrogen) atoms. The summed E-state index contributed by atoms with van der Waals surface area (Å²) >= 11 is 0. The van der Waals surface area contributed by atoms with E-state index < -0.39 is 0 Å². The number of rotatable bonds is 5. The summed E-state index contributed by atoms with van der Waals surface area (Å²) in [6.07, 6.45) is 3.39. The van der Waals surface area contributed by atoms with E-state index in [0.29, 0.717) is 17.8 Å². The lowest BCUT2D eigenvalue weighted by molar-refractivity contribution is 0.0489. The van der Waals surface area contributed by atoms with Crippen molar-refractivity contribution >= 4 is 11.4 Å². The van der Waals surface area contributed by atoms with Crippen LogP contribution in [0.4, 0.5) is 5.69 Å². The Bertz CT molecular complexity index is 978. The molecular formula is C28H31N3. The van der Waals surface area contributed by atoms with Gasteiger partial charge in [0.2, 0.25) is 0 Å². The Morgan fingerprint density at radius 3 is 1.71 bits per heavy atom. The van der Waals surface area contributed by atoms with Gasteiger partial charge in [0.25, 0.3) is 0 Å². The number of nitrogens with zero attached hydrogens (tertiary/aromatic N) is 2. The summed E-state index contributed by atoms with van der Waals surface area (Å²) < 4.78 is 0. The van der Waals surface area contributed by atoms with Crippen LogP contribution in [0, 0.1) is 5.92 Å². The zero-order valence-corrected chi connectivity index (χ0v) is 18.4. The molecule has 3 saturated carbocycles. The maximum atomic E-state index is 5.06. The van der Waals surface area contributed by atoms with E-state index in [1.165, 1.54) is 29.7 Å². The Labute approximate surface area is 185 Å². The van der Waals surface area contributed by atoms with Gasteiger partial charge in [0, 0.05) is 23.6 Å². The number of para-hydroxylation sites is 1. The molecule has 0 aliphatic heterocycles. The highest BCUT2D eigenvalue weighted by atomic mass is 15.3. The van der Waals surface area contributed by atoms with E-state index in [4.69, 9.17) is 5.10 Å². The van der Waals surface area contributed by atoms with Crippen molar-refractivity contribution in [1.82, 2.24) is 4.90 Å². The molecule has 2 bridgehead atoms. The molecule has 2 atom stereocenters. The number of nitrogens with one attached hydrogen (secondary N) is 1. The fourth-order valence-electron chi connectivity index (χ4n) is 5.84. The molecule has 3 aliphatic rings. The molecular weight excluding hydrogens is 378 g/mol. The predicted octanol–water partition coefficient (Wildman–Crippen LogP) is 6.14. The van der Waals surface area contributed by atoms with E-state index in [9.17, 15) is 0 Å². The van der Waals surface area contributed by atoms with Crippen molar-refractivity contribution in [2.24, 2.45) is 11.0 Å². The van der Waals surface area contributed by atoms with Crippen LogP contribution in [0.25, 0.3) is 0 Å². The lowest BCUT2D eigenvalue weighted by atomic mass is 9.52. The summed E-state index contributed by atoms with van der Waals surface area (Å²) in [6, 6.07) is 32.5. The first kappa shape index (κ1) is 20.0. The second-order valence-electron chi connectivity index (χ2n) is 9.34. The normalized spacial score (nSPS) is 28.7. The Morgan fingerprint density at radius 1 is 0.742 bits per heavy atom. The fraction of sp³-hybridized carbons (Fsp3) is 0.321. The molecule has 0 unspecified atom stereocenters. The van der Waals surface area contributed by atoms with Crippen LogP contribution in [0.15, 0.2) is 96.1 Å². The van der Waals surface area contributed by atoms with Gasteiger partial charge in [0.05, 0.1) is 5.69 Å². The molecule has 158 valence electrons. The van der Waals surface area contributed by atoms with Crippen molar-refractivity contribution < 1.29 is 0 Å². The van der Waals surface area contributed by atoms with E-state index in [1.54, 1.807) is 0 Å². The van der Waals surface area contributed by atoms with E-state index in [2.05, 4.69) is 109 Å². The lowest BCUT2D eigenvalue weighted by Gasteiger charge is -2.58. The van der Waals surface area contributed by atoms with Crippen LogP contribution in [-0.2, 0) is 0 Å². The second-order valence-corrected chi connectivity index (χ2v) is 9.34. The van der Waals surface area contributed by atoms with Gasteiger partial charge in [-0.15, -0.1) is 0 Å². The fourth-order valence-corrected chi connectivity index (χ4v) is 5.84. The molecule has 1 N–H and O–H groups in total. The molecule has 3 heteroatoms. The van der Waals surface area contributed by atoms with Gasteiger partial charge in [-0.2, -0.15) is 5.10 Å². The third-order valence-corrected chi connectivity index (χ3v) is 7.47. The van der Waals surface area contributed by atoms with Crippen LogP contribution in [0.2, 0.25) is 0 Å². The summed E-state index contributed by atoms with van der Waals surface area (Å²) in [5.41, 5.74) is 8.71. The Morgan fingerprint density at radius 2 is 1.23 bits per heavy atom. The van der Waals surface area contributed by atoms with Crippen molar-refractivity contribution in [3.63, 3.8) is 0 Å². The molecule has 0 radical (unpaired) electrons. The Balaban J connectivity index is 1.61. The second kappa shape index (κ2) is 8.32. The number of hydrogen-bond donors (Lipinski definition) is 1. The van der Waals surface area contributed by atoms with Crippen molar-refractivity contribution in [3.8, 4) is 0 Å². The first-order valence-electron chi connectivity index (χ1n) is 11.3. The first-order valence-corrected chi connectivity index (χ1v) is 11.3. The molecule has 3 aromatic rings. The molecule has 3 nitrogen and oxygen atoms in total. The van der Waals surface area contributed by atoms with Gasteiger partial charge < -0.3 is 4.90 Å². The quantitative estimate of drug-likeness (QED) is 0.513. The van der Waals surface area contributed by atoms with Gasteiger partial charge in [-0.25, -0.2) is 0 Å². The smallest absolute Gasteiger partial charge is 0.0561 e. The average Bonchev–Trinajstić information content (AvgIpc) is 2.84. The van der Waals surface area contributed by atoms with E-state index >= 15 is 0 Å². The zero-order valence-electron chi connectivity index (χ0n) is 18.4. The standard InChI is InChI=1S/C28H31N3/c1-31(2)28-18-24(21-12-6-3-7-13-21)27(25(19-28)22-14-8-4-9-15-22)26(20-28)30-29-23-16-10-5-11-17-23/h3-17,24-25,27,29H,18-20H2,1-2H3/b30-26+/t24-,25-,27?,28?/m0/s1. The zero-order chi connectivity index (χ0) is 21.3. The molecule has 0 aromatic heterocycles. The van der Waals surface area contributed by atoms with Crippen LogP contribution in [0.1, 0.15) is 42.2 Å². The van der Waals surface area contributed by atoms with Crippen molar-refractivity contribution in [2.45, 2.75) is 36.6 Å². The molecule has 0 heterocycles. The van der Waals surface area contributed by atoms with Gasteiger partial charge in [0.15, 0.2) is 0 Å². The van der Waals surface area contributed by atoms with Gasteiger partial charge in [0.1, 0.15) is 0 Å². The van der Waals surface area contributed by atoms with Gasteiger partial charge >= 0.3 is 0 Å². The van der Waals surface area contributed by atoms with Crippen LogP contribution in [0.3, 0.4) is 0 Å². The number of hydrogen-bond acceptors (Lipinski definition) is 3. The maximum Gasteiger partial charge on any atom is 0.0561 e. The van der Waals surface area contributed by atoms with Crippen molar-refractivity contribution in [2.75, 3.05) is 19.5 Å². The number of hydrazone groups is 1. The highest BCUT2D eigenvalue weighted by Gasteiger charge is 2.55. The molecule has 0 amide bonds. The minimum Gasteiger partial charge on any atom is -0.303 e. The minimum atomic E-state index is 0.118. The minimum absolute atomic E-state index is 0.118. The van der Waals surface area contributed by atoms with Gasteiger partial charge in [-0.3, -0.25) is 5.43 Å². The van der Waals surface area contributed by atoms with Crippen LogP contribution < -0.4 is 5.43 Å². The highest BCUT2D eigenvalue weighted by molar-refractivity contribution is 5.92. The molecule has 3 fully saturated rings.